The summed E-state index contributed by atoms with van der Waals surface area (Å²) in [5.74, 6) is -1.47. The number of nitrogens with two attached hydrogens (primary N) is 1. The molecule has 0 radical (unpaired) electrons. The van der Waals surface area contributed by atoms with E-state index in [4.69, 9.17) is 5.73 Å². The van der Waals surface area contributed by atoms with Crippen molar-refractivity contribution in [3.63, 3.8) is 0 Å². The first-order valence-corrected chi connectivity index (χ1v) is 7.42. The van der Waals surface area contributed by atoms with Gasteiger partial charge in [0.15, 0.2) is 5.16 Å². The van der Waals surface area contributed by atoms with E-state index in [0.717, 1.165) is 12.1 Å². The van der Waals surface area contributed by atoms with Gasteiger partial charge in [0, 0.05) is 17.3 Å². The first-order valence-electron chi connectivity index (χ1n) is 6.10. The maximum atomic E-state index is 13.6. The second kappa shape index (κ2) is 5.25. The van der Waals surface area contributed by atoms with Crippen molar-refractivity contribution in [2.45, 2.75) is 10.9 Å². The van der Waals surface area contributed by atoms with Gasteiger partial charge in [-0.2, -0.15) is 0 Å². The summed E-state index contributed by atoms with van der Waals surface area (Å²) in [5, 5.41) is 0.235. The third-order valence-corrected chi connectivity index (χ3v) is 4.20. The molecule has 0 fully saturated rings. The van der Waals surface area contributed by atoms with Crippen LogP contribution in [0.2, 0.25) is 0 Å². The largest absolute Gasteiger partial charge is 0.399 e. The third kappa shape index (κ3) is 2.78. The van der Waals surface area contributed by atoms with E-state index in [1.54, 1.807) is 18.2 Å². The number of anilines is 1. The molecular weight excluding hydrogens is 296 g/mol. The Morgan fingerprint density at radius 2 is 2.00 bits per heavy atom. The Balaban J connectivity index is 1.89. The normalized spacial score (nSPS) is 12.7. The number of rotatable bonds is 3. The van der Waals surface area contributed by atoms with E-state index in [1.807, 2.05) is 0 Å². The van der Waals surface area contributed by atoms with Gasteiger partial charge in [0.25, 0.3) is 0 Å². The number of H-pyrrole nitrogens is 1. The van der Waals surface area contributed by atoms with Crippen LogP contribution in [-0.4, -0.2) is 14.2 Å². The maximum Gasteiger partial charge on any atom is 0.197 e. The van der Waals surface area contributed by atoms with Gasteiger partial charge in [0.1, 0.15) is 11.6 Å². The summed E-state index contributed by atoms with van der Waals surface area (Å²) in [5.41, 5.74) is 7.69. The van der Waals surface area contributed by atoms with Crippen molar-refractivity contribution in [1.29, 1.82) is 0 Å². The highest BCUT2D eigenvalue weighted by molar-refractivity contribution is 7.84. The molecule has 1 atom stereocenters. The molecule has 0 amide bonds. The lowest BCUT2D eigenvalue weighted by Gasteiger charge is -2.01. The number of nitrogens with one attached hydrogen (secondary N) is 1. The van der Waals surface area contributed by atoms with Crippen LogP contribution < -0.4 is 5.73 Å². The fourth-order valence-electron chi connectivity index (χ4n) is 1.96. The lowest BCUT2D eigenvalue weighted by atomic mass is 10.2. The predicted octanol–water partition coefficient (Wildman–Crippen LogP) is 2.73. The van der Waals surface area contributed by atoms with Gasteiger partial charge in [-0.15, -0.1) is 0 Å². The smallest absolute Gasteiger partial charge is 0.197 e. The first kappa shape index (κ1) is 13.7. The molecule has 7 heteroatoms. The minimum Gasteiger partial charge on any atom is -0.399 e. The minimum atomic E-state index is -1.56. The molecule has 0 bridgehead atoms. The molecular formula is C14H11F2N3OS. The Hall–Kier alpha value is -2.28. The van der Waals surface area contributed by atoms with Crippen molar-refractivity contribution in [3.05, 3.63) is 53.6 Å². The molecule has 3 aromatic rings. The van der Waals surface area contributed by atoms with Crippen LogP contribution in [0.1, 0.15) is 5.56 Å². The number of hydrogen-bond acceptors (Lipinski definition) is 3. The highest BCUT2D eigenvalue weighted by Crippen LogP contribution is 2.19. The number of benzene rings is 2. The van der Waals surface area contributed by atoms with Crippen molar-refractivity contribution < 1.29 is 13.0 Å². The number of hydrogen-bond donors (Lipinski definition) is 2. The van der Waals surface area contributed by atoms with Crippen molar-refractivity contribution in [3.8, 4) is 0 Å². The topological polar surface area (TPSA) is 71.8 Å². The highest BCUT2D eigenvalue weighted by Gasteiger charge is 2.13. The molecule has 21 heavy (non-hydrogen) atoms. The van der Waals surface area contributed by atoms with E-state index in [9.17, 15) is 13.0 Å². The molecule has 108 valence electrons. The van der Waals surface area contributed by atoms with Gasteiger partial charge in [-0.05, 0) is 24.3 Å². The molecule has 3 rings (SSSR count). The Morgan fingerprint density at radius 1 is 1.19 bits per heavy atom. The summed E-state index contributed by atoms with van der Waals surface area (Å²) in [7, 11) is -1.56. The van der Waals surface area contributed by atoms with Crippen LogP contribution in [0.5, 0.6) is 0 Å². The molecule has 4 nitrogen and oxygen atoms in total. The van der Waals surface area contributed by atoms with Crippen LogP contribution in [0, 0.1) is 11.6 Å². The predicted molar refractivity (Wildman–Crippen MR) is 77.0 cm³/mol. The first-order chi connectivity index (χ1) is 10.0. The van der Waals surface area contributed by atoms with Crippen molar-refractivity contribution in [1.82, 2.24) is 9.97 Å². The molecule has 0 aliphatic rings. The van der Waals surface area contributed by atoms with E-state index < -0.39 is 22.4 Å². The SMILES string of the molecule is Nc1ccc2nc(S(=O)Cc3ccc(F)cc3F)[nH]c2c1. The second-order valence-corrected chi connectivity index (χ2v) is 5.91. The average molecular weight is 307 g/mol. The zero-order valence-electron chi connectivity index (χ0n) is 10.8. The molecule has 3 N–H and O–H groups in total. The van der Waals surface area contributed by atoms with Crippen LogP contribution >= 0.6 is 0 Å². The summed E-state index contributed by atoms with van der Waals surface area (Å²) in [6.07, 6.45) is 0. The van der Waals surface area contributed by atoms with Crippen LogP contribution in [0.15, 0.2) is 41.6 Å². The van der Waals surface area contributed by atoms with Crippen molar-refractivity contribution in [2.75, 3.05) is 5.73 Å². The number of aromatic amines is 1. The Morgan fingerprint density at radius 3 is 2.76 bits per heavy atom. The summed E-state index contributed by atoms with van der Waals surface area (Å²) >= 11 is 0. The number of fused-ring (bicyclic) bond motifs is 1. The van der Waals surface area contributed by atoms with E-state index in [2.05, 4.69) is 9.97 Å². The highest BCUT2D eigenvalue weighted by atomic mass is 32.2. The minimum absolute atomic E-state index is 0.0819. The lowest BCUT2D eigenvalue weighted by Crippen LogP contribution is -2.01. The van der Waals surface area contributed by atoms with Gasteiger partial charge < -0.3 is 10.7 Å². The summed E-state index contributed by atoms with van der Waals surface area (Å²) in [4.78, 5) is 7.09. The zero-order chi connectivity index (χ0) is 15.0. The number of nitrogens with zero attached hydrogens (tertiary/aromatic N) is 1. The van der Waals surface area contributed by atoms with Gasteiger partial charge in [0.2, 0.25) is 0 Å². The van der Waals surface area contributed by atoms with Crippen molar-refractivity contribution >= 4 is 27.5 Å². The van der Waals surface area contributed by atoms with Gasteiger partial charge in [-0.1, -0.05) is 6.07 Å². The van der Waals surface area contributed by atoms with Crippen LogP contribution in [0.3, 0.4) is 0 Å². The van der Waals surface area contributed by atoms with Crippen LogP contribution in [-0.2, 0) is 16.6 Å². The number of halogens is 2. The summed E-state index contributed by atoms with van der Waals surface area (Å²) in [6.45, 7) is 0. The van der Waals surface area contributed by atoms with E-state index in [-0.39, 0.29) is 16.5 Å². The monoisotopic (exact) mass is 307 g/mol. The van der Waals surface area contributed by atoms with Crippen LogP contribution in [0.25, 0.3) is 11.0 Å². The standard InChI is InChI=1S/C14H11F2N3OS/c15-9-2-1-8(11(16)5-9)7-21(20)14-18-12-4-3-10(17)6-13(12)19-14/h1-6H,7,17H2,(H,18,19). The molecule has 0 saturated heterocycles. The van der Waals surface area contributed by atoms with Gasteiger partial charge in [-0.3, -0.25) is 4.21 Å². The van der Waals surface area contributed by atoms with E-state index >= 15 is 0 Å². The quantitative estimate of drug-likeness (QED) is 0.731. The molecule has 1 aromatic heterocycles. The molecule has 1 unspecified atom stereocenters. The van der Waals surface area contributed by atoms with E-state index in [0.29, 0.717) is 16.7 Å². The zero-order valence-corrected chi connectivity index (χ0v) is 11.6. The number of imidazole rings is 1. The summed E-state index contributed by atoms with van der Waals surface area (Å²) in [6, 6.07) is 8.27. The van der Waals surface area contributed by atoms with Crippen LogP contribution in [0.4, 0.5) is 14.5 Å². The van der Waals surface area contributed by atoms with E-state index in [1.165, 1.54) is 6.07 Å². The number of aromatic nitrogens is 2. The summed E-state index contributed by atoms with van der Waals surface area (Å²) < 4.78 is 38.6. The molecule has 1 heterocycles. The van der Waals surface area contributed by atoms with Gasteiger partial charge >= 0.3 is 0 Å². The average Bonchev–Trinajstić information content (AvgIpc) is 2.85. The molecule has 2 aromatic carbocycles. The van der Waals surface area contributed by atoms with Gasteiger partial charge in [0.05, 0.1) is 27.6 Å². The molecule has 0 aliphatic carbocycles. The fourth-order valence-corrected chi connectivity index (χ4v) is 3.04. The fraction of sp³-hybridized carbons (Fsp3) is 0.0714. The molecule has 0 saturated carbocycles. The van der Waals surface area contributed by atoms with Crippen molar-refractivity contribution in [2.24, 2.45) is 0 Å². The second-order valence-electron chi connectivity index (χ2n) is 4.54. The van der Waals surface area contributed by atoms with Gasteiger partial charge in [-0.25, -0.2) is 13.8 Å². The Labute approximate surface area is 121 Å². The lowest BCUT2D eigenvalue weighted by molar-refractivity contribution is 0.575. The Kier molecular flexibility index (Phi) is 3.42. The maximum absolute atomic E-state index is 13.6. The molecule has 0 spiro atoms. The Bertz CT molecular complexity index is 847. The third-order valence-electron chi connectivity index (χ3n) is 3.00. The molecule has 0 aliphatic heterocycles. The number of nitrogen functional groups attached to an aromatic ring is 1.